The molecule has 1 aliphatic rings. The quantitative estimate of drug-likeness (QED) is 0.297. The highest BCUT2D eigenvalue weighted by Gasteiger charge is 2.30. The van der Waals surface area contributed by atoms with Crippen LogP contribution in [0, 0.1) is 11.3 Å². The van der Waals surface area contributed by atoms with Gasteiger partial charge in [0, 0.05) is 24.5 Å². The lowest BCUT2D eigenvalue weighted by Gasteiger charge is -2.27. The molecular formula is C27H25N3O3S. The van der Waals surface area contributed by atoms with Crippen LogP contribution in [0.2, 0.25) is 0 Å². The van der Waals surface area contributed by atoms with E-state index in [0.29, 0.717) is 23.5 Å². The first-order chi connectivity index (χ1) is 16.6. The van der Waals surface area contributed by atoms with Gasteiger partial charge in [-0.15, -0.1) is 11.3 Å². The Morgan fingerprint density at radius 3 is 2.53 bits per heavy atom. The van der Waals surface area contributed by atoms with Crippen LogP contribution in [0.25, 0.3) is 6.08 Å². The molecule has 4 rings (SSSR count). The Bertz CT molecular complexity index is 1240. The molecule has 2 aromatic carbocycles. The molecule has 0 saturated carbocycles. The van der Waals surface area contributed by atoms with Gasteiger partial charge >= 0.3 is 5.97 Å². The lowest BCUT2D eigenvalue weighted by molar-refractivity contribution is -0.112. The molecule has 0 aliphatic carbocycles. The van der Waals surface area contributed by atoms with Gasteiger partial charge in [0.2, 0.25) is 0 Å². The number of nitrogens with zero attached hydrogens (tertiary/aromatic N) is 2. The molecule has 2 heterocycles. The van der Waals surface area contributed by atoms with Crippen molar-refractivity contribution in [3.63, 3.8) is 0 Å². The summed E-state index contributed by atoms with van der Waals surface area (Å²) in [5.41, 5.74) is 3.28. The Morgan fingerprint density at radius 1 is 1.15 bits per heavy atom. The number of thiophene rings is 1. The van der Waals surface area contributed by atoms with Gasteiger partial charge < -0.3 is 10.1 Å². The van der Waals surface area contributed by atoms with Crippen LogP contribution in [-0.4, -0.2) is 29.9 Å². The van der Waals surface area contributed by atoms with Gasteiger partial charge in [-0.1, -0.05) is 60.7 Å². The van der Waals surface area contributed by atoms with E-state index in [1.807, 2.05) is 54.6 Å². The highest BCUT2D eigenvalue weighted by molar-refractivity contribution is 7.17. The van der Waals surface area contributed by atoms with Crippen LogP contribution in [0.1, 0.15) is 38.8 Å². The summed E-state index contributed by atoms with van der Waals surface area (Å²) in [5, 5.41) is 12.8. The standard InChI is InChI=1S/C27H25N3O3S/c1-2-33-27(32)24-22-13-14-30(17-20-11-7-4-8-12-20)18-23(22)34-26(24)29-25(31)21(16-28)15-19-9-5-3-6-10-19/h3-12,15H,2,13-14,17-18H2,1H3,(H,29,31)/b21-15+. The number of esters is 1. The summed E-state index contributed by atoms with van der Waals surface area (Å²) in [6.45, 7) is 4.30. The minimum Gasteiger partial charge on any atom is -0.462 e. The predicted molar refractivity (Wildman–Crippen MR) is 133 cm³/mol. The second-order valence-corrected chi connectivity index (χ2v) is 9.01. The monoisotopic (exact) mass is 471 g/mol. The number of anilines is 1. The zero-order chi connectivity index (χ0) is 23.9. The van der Waals surface area contributed by atoms with E-state index in [4.69, 9.17) is 4.74 Å². The predicted octanol–water partition coefficient (Wildman–Crippen LogP) is 5.03. The molecule has 0 spiro atoms. The zero-order valence-electron chi connectivity index (χ0n) is 18.9. The highest BCUT2D eigenvalue weighted by atomic mass is 32.1. The summed E-state index contributed by atoms with van der Waals surface area (Å²) in [4.78, 5) is 29.1. The minimum absolute atomic E-state index is 0.0296. The highest BCUT2D eigenvalue weighted by Crippen LogP contribution is 2.38. The lowest BCUT2D eigenvalue weighted by atomic mass is 10.0. The Balaban J connectivity index is 1.60. The number of rotatable bonds is 7. The van der Waals surface area contributed by atoms with E-state index in [1.165, 1.54) is 23.0 Å². The largest absolute Gasteiger partial charge is 0.462 e. The Morgan fingerprint density at radius 2 is 1.85 bits per heavy atom. The number of fused-ring (bicyclic) bond motifs is 1. The van der Waals surface area contributed by atoms with Gasteiger partial charge in [-0.25, -0.2) is 4.79 Å². The topological polar surface area (TPSA) is 82.4 Å². The Hall–Kier alpha value is -3.73. The van der Waals surface area contributed by atoms with Crippen LogP contribution >= 0.6 is 11.3 Å². The zero-order valence-corrected chi connectivity index (χ0v) is 19.7. The van der Waals surface area contributed by atoms with E-state index in [2.05, 4.69) is 22.3 Å². The van der Waals surface area contributed by atoms with E-state index < -0.39 is 11.9 Å². The van der Waals surface area contributed by atoms with Gasteiger partial charge in [0.05, 0.1) is 12.2 Å². The molecular weight excluding hydrogens is 446 g/mol. The summed E-state index contributed by atoms with van der Waals surface area (Å²) in [7, 11) is 0. The van der Waals surface area contributed by atoms with E-state index in [9.17, 15) is 14.9 Å². The number of hydrogen-bond acceptors (Lipinski definition) is 6. The Kier molecular flexibility index (Phi) is 7.53. The van der Waals surface area contributed by atoms with Gasteiger partial charge in [0.15, 0.2) is 0 Å². The maximum absolute atomic E-state index is 12.9. The number of ether oxygens (including phenoxy) is 1. The van der Waals surface area contributed by atoms with Crippen molar-refractivity contribution in [2.24, 2.45) is 0 Å². The van der Waals surface area contributed by atoms with Crippen LogP contribution in [0.5, 0.6) is 0 Å². The smallest absolute Gasteiger partial charge is 0.341 e. The summed E-state index contributed by atoms with van der Waals surface area (Å²) >= 11 is 1.38. The maximum atomic E-state index is 12.9. The van der Waals surface area contributed by atoms with Gasteiger partial charge in [0.1, 0.15) is 16.6 Å². The fourth-order valence-electron chi connectivity index (χ4n) is 3.98. The van der Waals surface area contributed by atoms with Crippen molar-refractivity contribution in [3.8, 4) is 6.07 Å². The fraction of sp³-hybridized carbons (Fsp3) is 0.222. The van der Waals surface area contributed by atoms with Gasteiger partial charge in [0.25, 0.3) is 5.91 Å². The normalized spacial score (nSPS) is 13.6. The molecule has 0 unspecified atom stereocenters. The van der Waals surface area contributed by atoms with Crippen molar-refractivity contribution >= 4 is 34.3 Å². The maximum Gasteiger partial charge on any atom is 0.341 e. The molecule has 0 fully saturated rings. The summed E-state index contributed by atoms with van der Waals surface area (Å²) in [6.07, 6.45) is 2.22. The molecule has 1 aromatic heterocycles. The third-order valence-corrected chi connectivity index (χ3v) is 6.70. The molecule has 1 N–H and O–H groups in total. The molecule has 3 aromatic rings. The van der Waals surface area contributed by atoms with E-state index >= 15 is 0 Å². The number of nitriles is 1. The van der Waals surface area contributed by atoms with Crippen LogP contribution in [0.3, 0.4) is 0 Å². The molecule has 1 amide bonds. The van der Waals surface area contributed by atoms with Crippen molar-refractivity contribution in [2.45, 2.75) is 26.4 Å². The summed E-state index contributed by atoms with van der Waals surface area (Å²) in [6, 6.07) is 21.4. The molecule has 172 valence electrons. The average molecular weight is 472 g/mol. The van der Waals surface area contributed by atoms with Gasteiger partial charge in [-0.3, -0.25) is 9.69 Å². The molecule has 1 aliphatic heterocycles. The van der Waals surface area contributed by atoms with Crippen molar-refractivity contribution in [1.29, 1.82) is 5.26 Å². The van der Waals surface area contributed by atoms with Crippen molar-refractivity contribution < 1.29 is 14.3 Å². The average Bonchev–Trinajstić information content (AvgIpc) is 3.21. The molecule has 0 bridgehead atoms. The van der Waals surface area contributed by atoms with Crippen LogP contribution in [0.15, 0.2) is 66.2 Å². The first-order valence-electron chi connectivity index (χ1n) is 11.1. The first-order valence-corrected chi connectivity index (χ1v) is 12.0. The fourth-order valence-corrected chi connectivity index (χ4v) is 5.25. The lowest BCUT2D eigenvalue weighted by Crippen LogP contribution is -2.29. The number of carbonyl (C=O) groups is 2. The minimum atomic E-state index is -0.545. The first kappa shape index (κ1) is 23.4. The second kappa shape index (κ2) is 10.9. The van der Waals surface area contributed by atoms with Crippen LogP contribution in [-0.2, 0) is 29.0 Å². The van der Waals surface area contributed by atoms with E-state index in [1.54, 1.807) is 6.92 Å². The molecule has 0 atom stereocenters. The summed E-state index contributed by atoms with van der Waals surface area (Å²) in [5.74, 6) is -0.992. The van der Waals surface area contributed by atoms with Gasteiger partial charge in [-0.05, 0) is 36.1 Å². The van der Waals surface area contributed by atoms with Crippen molar-refractivity contribution in [2.75, 3.05) is 18.5 Å². The number of benzene rings is 2. The SMILES string of the molecule is CCOC(=O)c1c(NC(=O)/C(C#N)=C/c2ccccc2)sc2c1CCN(Cc1ccccc1)C2. The third-order valence-electron chi connectivity index (χ3n) is 5.57. The van der Waals surface area contributed by atoms with Crippen LogP contribution in [0.4, 0.5) is 5.00 Å². The van der Waals surface area contributed by atoms with Crippen molar-refractivity contribution in [1.82, 2.24) is 4.90 Å². The van der Waals surface area contributed by atoms with E-state index in [0.717, 1.165) is 29.1 Å². The number of amides is 1. The van der Waals surface area contributed by atoms with E-state index in [-0.39, 0.29) is 12.2 Å². The Labute approximate surface area is 203 Å². The van der Waals surface area contributed by atoms with Crippen molar-refractivity contribution in [3.05, 3.63) is 93.4 Å². The molecule has 34 heavy (non-hydrogen) atoms. The molecule has 0 saturated heterocycles. The van der Waals surface area contributed by atoms with Crippen LogP contribution < -0.4 is 5.32 Å². The molecule has 6 nitrogen and oxygen atoms in total. The number of hydrogen-bond donors (Lipinski definition) is 1. The number of carbonyl (C=O) groups excluding carboxylic acids is 2. The molecule has 0 radical (unpaired) electrons. The second-order valence-electron chi connectivity index (χ2n) is 7.91. The summed E-state index contributed by atoms with van der Waals surface area (Å²) < 4.78 is 5.30. The third kappa shape index (κ3) is 5.42. The molecule has 7 heteroatoms. The number of nitrogens with one attached hydrogen (secondary N) is 1. The van der Waals surface area contributed by atoms with Gasteiger partial charge in [-0.2, -0.15) is 5.26 Å².